The van der Waals surface area contributed by atoms with Gasteiger partial charge < -0.3 is 14.5 Å². The first kappa shape index (κ1) is 19.1. The highest BCUT2D eigenvalue weighted by molar-refractivity contribution is 7.18. The molecule has 2 heterocycles. The smallest absolute Gasteiger partial charge is 0.342 e. The zero-order valence-corrected chi connectivity index (χ0v) is 17.3. The Bertz CT molecular complexity index is 1310. The number of benzene rings is 2. The quantitative estimate of drug-likeness (QED) is 0.496. The molecule has 148 valence electrons. The molecule has 0 amide bonds. The standard InChI is InChI=1S/C22H20N2O4S/c1-11-13(3)29-21-18(11)20(25)23-19(24-21)12(2)28-22(26)16-9-14-7-5-6-8-15(14)10-17(16)27-4/h5-10,12H,1-4H3,(H,23,24,25)/t12-/m1/s1. The molecule has 0 radical (unpaired) electrons. The first-order valence-corrected chi connectivity index (χ1v) is 9.98. The third-order valence-corrected chi connectivity index (χ3v) is 6.12. The molecule has 0 fully saturated rings. The van der Waals surface area contributed by atoms with Crippen molar-refractivity contribution in [3.8, 4) is 5.75 Å². The van der Waals surface area contributed by atoms with Crippen molar-refractivity contribution in [2.45, 2.75) is 26.9 Å². The molecule has 0 spiro atoms. The minimum Gasteiger partial charge on any atom is -0.496 e. The molecule has 1 atom stereocenters. The second kappa shape index (κ2) is 7.33. The summed E-state index contributed by atoms with van der Waals surface area (Å²) in [6.45, 7) is 5.54. The van der Waals surface area contributed by atoms with E-state index in [1.807, 2.05) is 38.1 Å². The van der Waals surface area contributed by atoms with E-state index in [4.69, 9.17) is 9.47 Å². The van der Waals surface area contributed by atoms with Gasteiger partial charge in [0.25, 0.3) is 5.56 Å². The second-order valence-electron chi connectivity index (χ2n) is 6.86. The van der Waals surface area contributed by atoms with E-state index >= 15 is 0 Å². The molecule has 0 aliphatic rings. The highest BCUT2D eigenvalue weighted by Gasteiger charge is 2.21. The Morgan fingerprint density at radius 1 is 1.17 bits per heavy atom. The Labute approximate surface area is 171 Å². The van der Waals surface area contributed by atoms with Crippen molar-refractivity contribution in [3.63, 3.8) is 0 Å². The van der Waals surface area contributed by atoms with Crippen LogP contribution in [0.5, 0.6) is 5.75 Å². The molecule has 29 heavy (non-hydrogen) atoms. The van der Waals surface area contributed by atoms with Gasteiger partial charge in [-0.3, -0.25) is 4.79 Å². The SMILES string of the molecule is COc1cc2ccccc2cc1C(=O)O[C@H](C)c1nc2sc(C)c(C)c2c(=O)[nH]1. The number of aromatic nitrogens is 2. The van der Waals surface area contributed by atoms with E-state index in [9.17, 15) is 9.59 Å². The Hall–Kier alpha value is -3.19. The Balaban J connectivity index is 1.67. The molecule has 0 aliphatic heterocycles. The summed E-state index contributed by atoms with van der Waals surface area (Å²) in [5, 5.41) is 2.46. The van der Waals surface area contributed by atoms with Crippen molar-refractivity contribution in [1.82, 2.24) is 9.97 Å². The summed E-state index contributed by atoms with van der Waals surface area (Å²) in [5.74, 6) is 0.209. The van der Waals surface area contributed by atoms with Gasteiger partial charge in [-0.05, 0) is 49.2 Å². The van der Waals surface area contributed by atoms with E-state index in [1.165, 1.54) is 18.4 Å². The van der Waals surface area contributed by atoms with Gasteiger partial charge in [0, 0.05) is 4.88 Å². The van der Waals surface area contributed by atoms with Gasteiger partial charge in [0.2, 0.25) is 0 Å². The molecule has 0 saturated heterocycles. The van der Waals surface area contributed by atoms with Gasteiger partial charge >= 0.3 is 5.97 Å². The molecule has 2 aromatic heterocycles. The lowest BCUT2D eigenvalue weighted by Crippen LogP contribution is -2.17. The van der Waals surface area contributed by atoms with Gasteiger partial charge in [0.1, 0.15) is 16.1 Å². The molecule has 2 aromatic carbocycles. The third-order valence-electron chi connectivity index (χ3n) is 5.01. The molecule has 0 unspecified atom stereocenters. The largest absolute Gasteiger partial charge is 0.496 e. The summed E-state index contributed by atoms with van der Waals surface area (Å²) < 4.78 is 11.0. The predicted molar refractivity (Wildman–Crippen MR) is 114 cm³/mol. The number of aromatic amines is 1. The van der Waals surface area contributed by atoms with Gasteiger partial charge in [-0.1, -0.05) is 24.3 Å². The van der Waals surface area contributed by atoms with Gasteiger partial charge in [0.05, 0.1) is 12.5 Å². The molecule has 0 aliphatic carbocycles. The zero-order valence-electron chi connectivity index (χ0n) is 16.5. The lowest BCUT2D eigenvalue weighted by Gasteiger charge is -2.15. The fourth-order valence-corrected chi connectivity index (χ4v) is 4.33. The maximum Gasteiger partial charge on any atom is 0.342 e. The summed E-state index contributed by atoms with van der Waals surface area (Å²) in [6.07, 6.45) is -0.724. The number of carbonyl (C=O) groups is 1. The number of ether oxygens (including phenoxy) is 2. The lowest BCUT2D eigenvalue weighted by atomic mass is 10.1. The van der Waals surface area contributed by atoms with Crippen molar-refractivity contribution in [2.24, 2.45) is 0 Å². The number of hydrogen-bond acceptors (Lipinski definition) is 6. The van der Waals surface area contributed by atoms with Crippen LogP contribution in [0.3, 0.4) is 0 Å². The molecule has 0 bridgehead atoms. The van der Waals surface area contributed by atoms with Crippen molar-refractivity contribution in [3.05, 3.63) is 68.6 Å². The predicted octanol–water partition coefficient (Wildman–Crippen LogP) is 4.68. The van der Waals surface area contributed by atoms with Crippen molar-refractivity contribution in [2.75, 3.05) is 7.11 Å². The Morgan fingerprint density at radius 2 is 1.86 bits per heavy atom. The van der Waals surface area contributed by atoms with Crippen molar-refractivity contribution < 1.29 is 14.3 Å². The summed E-state index contributed by atoms with van der Waals surface area (Å²) >= 11 is 1.46. The van der Waals surface area contributed by atoms with E-state index in [1.54, 1.807) is 19.1 Å². The van der Waals surface area contributed by atoms with Gasteiger partial charge in [-0.2, -0.15) is 0 Å². The fourth-order valence-electron chi connectivity index (χ4n) is 3.29. The molecule has 7 heteroatoms. The number of esters is 1. The number of methoxy groups -OCH3 is 1. The monoisotopic (exact) mass is 408 g/mol. The topological polar surface area (TPSA) is 81.3 Å². The summed E-state index contributed by atoms with van der Waals surface area (Å²) in [7, 11) is 1.51. The molecule has 1 N–H and O–H groups in total. The van der Waals surface area contributed by atoms with E-state index < -0.39 is 12.1 Å². The van der Waals surface area contributed by atoms with E-state index in [0.717, 1.165) is 21.2 Å². The highest BCUT2D eigenvalue weighted by atomic mass is 32.1. The number of hydrogen-bond donors (Lipinski definition) is 1. The van der Waals surface area contributed by atoms with Crippen molar-refractivity contribution >= 4 is 38.3 Å². The summed E-state index contributed by atoms with van der Waals surface area (Å²) in [5.41, 5.74) is 1.03. The number of H-pyrrole nitrogens is 1. The number of rotatable bonds is 4. The maximum absolute atomic E-state index is 12.8. The van der Waals surface area contributed by atoms with Crippen LogP contribution < -0.4 is 10.3 Å². The second-order valence-corrected chi connectivity index (χ2v) is 8.06. The molecule has 4 aromatic rings. The van der Waals surface area contributed by atoms with Crippen LogP contribution in [0, 0.1) is 13.8 Å². The van der Waals surface area contributed by atoms with Gasteiger partial charge in [0.15, 0.2) is 11.9 Å². The average Bonchev–Trinajstić information content (AvgIpc) is 3.00. The molecular formula is C22H20N2O4S. The molecule has 4 rings (SSSR count). The molecular weight excluding hydrogens is 388 g/mol. The van der Waals surface area contributed by atoms with Crippen LogP contribution in [0.15, 0.2) is 41.2 Å². The number of carbonyl (C=O) groups excluding carboxylic acids is 1. The Kier molecular flexibility index (Phi) is 4.84. The summed E-state index contributed by atoms with van der Waals surface area (Å²) in [4.78, 5) is 34.3. The first-order valence-electron chi connectivity index (χ1n) is 9.16. The number of nitrogens with one attached hydrogen (secondary N) is 1. The third kappa shape index (κ3) is 3.38. The molecule has 6 nitrogen and oxygen atoms in total. The Morgan fingerprint density at radius 3 is 2.55 bits per heavy atom. The van der Waals surface area contributed by atoms with Crippen LogP contribution >= 0.6 is 11.3 Å². The number of fused-ring (bicyclic) bond motifs is 2. The number of aryl methyl sites for hydroxylation is 2. The fraction of sp³-hybridized carbons (Fsp3) is 0.227. The number of thiophene rings is 1. The van der Waals surface area contributed by atoms with Gasteiger partial charge in [-0.15, -0.1) is 11.3 Å². The van der Waals surface area contributed by atoms with Crippen molar-refractivity contribution in [1.29, 1.82) is 0 Å². The number of nitrogens with zero attached hydrogens (tertiary/aromatic N) is 1. The minimum absolute atomic E-state index is 0.224. The maximum atomic E-state index is 12.8. The van der Waals surface area contributed by atoms with Crippen LogP contribution in [0.25, 0.3) is 21.0 Å². The summed E-state index contributed by atoms with van der Waals surface area (Å²) in [6, 6.07) is 11.2. The lowest BCUT2D eigenvalue weighted by molar-refractivity contribution is 0.0317. The average molecular weight is 408 g/mol. The first-order chi connectivity index (χ1) is 13.9. The minimum atomic E-state index is -0.724. The van der Waals surface area contributed by atoms with E-state index in [2.05, 4.69) is 9.97 Å². The van der Waals surface area contributed by atoms with Crippen LogP contribution in [0.4, 0.5) is 0 Å². The van der Waals surface area contributed by atoms with Crippen LogP contribution in [0.1, 0.15) is 39.7 Å². The van der Waals surface area contributed by atoms with Crippen LogP contribution in [0.2, 0.25) is 0 Å². The highest BCUT2D eigenvalue weighted by Crippen LogP contribution is 2.29. The van der Waals surface area contributed by atoms with Crippen LogP contribution in [-0.4, -0.2) is 23.0 Å². The van der Waals surface area contributed by atoms with E-state index in [0.29, 0.717) is 27.4 Å². The van der Waals surface area contributed by atoms with Gasteiger partial charge in [-0.25, -0.2) is 9.78 Å². The van der Waals surface area contributed by atoms with E-state index in [-0.39, 0.29) is 5.56 Å². The van der Waals surface area contributed by atoms with Crippen LogP contribution in [-0.2, 0) is 4.74 Å². The zero-order chi connectivity index (χ0) is 20.7. The molecule has 0 saturated carbocycles. The normalized spacial score (nSPS) is 12.3.